The minimum Gasteiger partial charge on any atom is -0.478 e. The first-order valence-corrected chi connectivity index (χ1v) is 4.14. The van der Waals surface area contributed by atoms with E-state index in [1.165, 1.54) is 0 Å². The van der Waals surface area contributed by atoms with Crippen LogP contribution < -0.4 is 0 Å². The van der Waals surface area contributed by atoms with Crippen LogP contribution in [-0.2, 0) is 11.2 Å². The van der Waals surface area contributed by atoms with Gasteiger partial charge in [0.05, 0.1) is 0 Å². The van der Waals surface area contributed by atoms with Crippen molar-refractivity contribution in [3.63, 3.8) is 0 Å². The van der Waals surface area contributed by atoms with Gasteiger partial charge >= 0.3 is 5.97 Å². The Bertz CT molecular complexity index is 312. The molecule has 0 bridgehead atoms. The summed E-state index contributed by atoms with van der Waals surface area (Å²) in [4.78, 5) is 10.5. The fourth-order valence-corrected chi connectivity index (χ4v) is 0.972. The van der Waals surface area contributed by atoms with Crippen molar-refractivity contribution in [3.8, 4) is 0 Å². The Morgan fingerprint density at radius 2 is 2.00 bits per heavy atom. The lowest BCUT2D eigenvalue weighted by Gasteiger charge is -1.95. The highest BCUT2D eigenvalue weighted by molar-refractivity contribution is 5.85. The third-order valence-corrected chi connectivity index (χ3v) is 1.82. The first kappa shape index (κ1) is 9.52. The maximum absolute atomic E-state index is 10.5. The van der Waals surface area contributed by atoms with E-state index < -0.39 is 5.97 Å². The number of carboxylic acids is 1. The minimum atomic E-state index is -0.851. The van der Waals surface area contributed by atoms with Gasteiger partial charge in [-0.05, 0) is 18.9 Å². The van der Waals surface area contributed by atoms with Crippen LogP contribution in [0.5, 0.6) is 0 Å². The average Bonchev–Trinajstić information content (AvgIpc) is 2.15. The van der Waals surface area contributed by atoms with Crippen molar-refractivity contribution < 1.29 is 9.90 Å². The van der Waals surface area contributed by atoms with Crippen molar-refractivity contribution in [2.24, 2.45) is 0 Å². The van der Waals surface area contributed by atoms with Gasteiger partial charge in [0.1, 0.15) is 0 Å². The van der Waals surface area contributed by atoms with Crippen LogP contribution in [0.4, 0.5) is 0 Å². The minimum absolute atomic E-state index is 0.392. The van der Waals surface area contributed by atoms with Gasteiger partial charge in [-0.3, -0.25) is 0 Å². The summed E-state index contributed by atoms with van der Waals surface area (Å²) >= 11 is 0. The zero-order chi connectivity index (χ0) is 9.68. The fraction of sp³-hybridized carbons (Fsp3) is 0.182. The number of carbonyl (C=O) groups is 1. The van der Waals surface area contributed by atoms with Crippen LogP contribution >= 0.6 is 0 Å². The van der Waals surface area contributed by atoms with Gasteiger partial charge in [-0.25, -0.2) is 4.79 Å². The number of benzene rings is 1. The zero-order valence-corrected chi connectivity index (χ0v) is 7.53. The highest BCUT2D eigenvalue weighted by Crippen LogP contribution is 2.02. The summed E-state index contributed by atoms with van der Waals surface area (Å²) in [5.74, 6) is -0.851. The predicted molar refractivity (Wildman–Crippen MR) is 51.5 cm³/mol. The van der Waals surface area contributed by atoms with Gasteiger partial charge in [0, 0.05) is 5.57 Å². The normalized spacial score (nSPS) is 11.3. The monoisotopic (exact) mass is 176 g/mol. The summed E-state index contributed by atoms with van der Waals surface area (Å²) in [6.45, 7) is 1.60. The molecular formula is C11H12O2. The van der Waals surface area contributed by atoms with Crippen LogP contribution in [0.2, 0.25) is 0 Å². The second kappa shape index (κ2) is 4.45. The van der Waals surface area contributed by atoms with Gasteiger partial charge in [-0.1, -0.05) is 36.4 Å². The first-order chi connectivity index (χ1) is 6.20. The summed E-state index contributed by atoms with van der Waals surface area (Å²) in [7, 11) is 0. The number of aliphatic carboxylic acids is 1. The molecular weight excluding hydrogens is 164 g/mol. The Balaban J connectivity index is 2.62. The van der Waals surface area contributed by atoms with E-state index in [2.05, 4.69) is 0 Å². The molecule has 1 rings (SSSR count). The van der Waals surface area contributed by atoms with Crippen LogP contribution in [0.1, 0.15) is 12.5 Å². The maximum Gasteiger partial charge on any atom is 0.330 e. The van der Waals surface area contributed by atoms with E-state index in [9.17, 15) is 4.79 Å². The number of hydrogen-bond donors (Lipinski definition) is 1. The molecule has 0 radical (unpaired) electrons. The molecule has 0 aromatic heterocycles. The molecule has 68 valence electrons. The lowest BCUT2D eigenvalue weighted by Crippen LogP contribution is -1.96. The second-order valence-electron chi connectivity index (χ2n) is 2.88. The van der Waals surface area contributed by atoms with E-state index >= 15 is 0 Å². The molecule has 2 heteroatoms. The SMILES string of the molecule is CC(=CCc1ccccc1)C(=O)O. The van der Waals surface area contributed by atoms with Crippen molar-refractivity contribution >= 4 is 5.97 Å². The molecule has 0 spiro atoms. The van der Waals surface area contributed by atoms with E-state index in [4.69, 9.17) is 5.11 Å². The Morgan fingerprint density at radius 1 is 1.38 bits per heavy atom. The largest absolute Gasteiger partial charge is 0.478 e. The molecule has 1 N–H and O–H groups in total. The van der Waals surface area contributed by atoms with Crippen molar-refractivity contribution in [1.82, 2.24) is 0 Å². The highest BCUT2D eigenvalue weighted by Gasteiger charge is 1.97. The Morgan fingerprint density at radius 3 is 2.54 bits per heavy atom. The molecule has 0 aliphatic carbocycles. The third-order valence-electron chi connectivity index (χ3n) is 1.82. The standard InChI is InChI=1S/C11H12O2/c1-9(11(12)13)7-8-10-5-3-2-4-6-10/h2-7H,8H2,1H3,(H,12,13). The lowest BCUT2D eigenvalue weighted by atomic mass is 10.1. The van der Waals surface area contributed by atoms with Crippen LogP contribution in [0.25, 0.3) is 0 Å². The number of allylic oxidation sites excluding steroid dienone is 1. The van der Waals surface area contributed by atoms with Crippen molar-refractivity contribution in [2.75, 3.05) is 0 Å². The van der Waals surface area contributed by atoms with E-state index in [-0.39, 0.29) is 0 Å². The van der Waals surface area contributed by atoms with Crippen LogP contribution in [0, 0.1) is 0 Å². The summed E-state index contributed by atoms with van der Waals surface area (Å²) in [6, 6.07) is 9.78. The highest BCUT2D eigenvalue weighted by atomic mass is 16.4. The smallest absolute Gasteiger partial charge is 0.330 e. The lowest BCUT2D eigenvalue weighted by molar-refractivity contribution is -0.132. The molecule has 0 fully saturated rings. The van der Waals surface area contributed by atoms with Crippen LogP contribution in [0.3, 0.4) is 0 Å². The molecule has 1 aromatic rings. The molecule has 0 aliphatic rings. The van der Waals surface area contributed by atoms with Crippen molar-refractivity contribution in [2.45, 2.75) is 13.3 Å². The number of rotatable bonds is 3. The Labute approximate surface area is 77.5 Å². The molecule has 0 unspecified atom stereocenters. The van der Waals surface area contributed by atoms with Gasteiger partial charge in [-0.2, -0.15) is 0 Å². The fourth-order valence-electron chi connectivity index (χ4n) is 0.972. The van der Waals surface area contributed by atoms with Crippen molar-refractivity contribution in [3.05, 3.63) is 47.5 Å². The molecule has 0 amide bonds. The summed E-state index contributed by atoms with van der Waals surface area (Å²) in [5.41, 5.74) is 1.52. The van der Waals surface area contributed by atoms with E-state index in [1.54, 1.807) is 13.0 Å². The van der Waals surface area contributed by atoms with Gasteiger partial charge < -0.3 is 5.11 Å². The zero-order valence-electron chi connectivity index (χ0n) is 7.53. The molecule has 0 heterocycles. The van der Waals surface area contributed by atoms with Crippen LogP contribution in [-0.4, -0.2) is 11.1 Å². The predicted octanol–water partition coefficient (Wildman–Crippen LogP) is 2.26. The molecule has 2 nitrogen and oxygen atoms in total. The number of carboxylic acid groups (broad SMARTS) is 1. The Kier molecular flexibility index (Phi) is 3.26. The van der Waals surface area contributed by atoms with Crippen LogP contribution in [0.15, 0.2) is 42.0 Å². The summed E-state index contributed by atoms with van der Waals surface area (Å²) in [6.07, 6.45) is 2.40. The topological polar surface area (TPSA) is 37.3 Å². The summed E-state index contributed by atoms with van der Waals surface area (Å²) in [5, 5.41) is 8.59. The second-order valence-corrected chi connectivity index (χ2v) is 2.88. The maximum atomic E-state index is 10.5. The van der Waals surface area contributed by atoms with E-state index in [0.717, 1.165) is 5.56 Å². The molecule has 0 saturated heterocycles. The van der Waals surface area contributed by atoms with Gasteiger partial charge in [0.25, 0.3) is 0 Å². The third kappa shape index (κ3) is 3.11. The molecule has 0 aliphatic heterocycles. The van der Waals surface area contributed by atoms with Crippen molar-refractivity contribution in [1.29, 1.82) is 0 Å². The summed E-state index contributed by atoms with van der Waals surface area (Å²) < 4.78 is 0. The quantitative estimate of drug-likeness (QED) is 0.717. The molecule has 1 aromatic carbocycles. The average molecular weight is 176 g/mol. The van der Waals surface area contributed by atoms with Gasteiger partial charge in [-0.15, -0.1) is 0 Å². The molecule has 0 atom stereocenters. The molecule has 0 saturated carbocycles. The number of hydrogen-bond acceptors (Lipinski definition) is 1. The van der Waals surface area contributed by atoms with E-state index in [0.29, 0.717) is 12.0 Å². The van der Waals surface area contributed by atoms with Gasteiger partial charge in [0.15, 0.2) is 0 Å². The molecule has 13 heavy (non-hydrogen) atoms. The first-order valence-electron chi connectivity index (χ1n) is 4.14. The van der Waals surface area contributed by atoms with E-state index in [1.807, 2.05) is 30.3 Å². The van der Waals surface area contributed by atoms with Gasteiger partial charge in [0.2, 0.25) is 0 Å². The Hall–Kier alpha value is -1.57.